The van der Waals surface area contributed by atoms with Crippen molar-refractivity contribution in [1.29, 1.82) is 0 Å². The zero-order valence-electron chi connectivity index (χ0n) is 6.77. The first-order valence-electron chi connectivity index (χ1n) is 3.44. The zero-order valence-corrected chi connectivity index (χ0v) is 7.58. The first kappa shape index (κ1) is 9.76. The summed E-state index contributed by atoms with van der Waals surface area (Å²) in [4.78, 5) is -0.220. The predicted octanol–water partition coefficient (Wildman–Crippen LogP) is 1.16. The average molecular weight is 199 g/mol. The topological polar surface area (TPSA) is 80.4 Å². The molecule has 70 valence electrons. The molecule has 1 aromatic carbocycles. The van der Waals surface area contributed by atoms with Crippen LogP contribution >= 0.6 is 0 Å². The molecule has 0 unspecified atom stereocenters. The lowest BCUT2D eigenvalue weighted by Crippen LogP contribution is -2.01. The standard InChI is InChI=1S/C8H9NO3S/c1-2-6-3-4-7(9)5-8(6)13(10,11)12/h2-5H,1,9H2,(H,10,11,12). The van der Waals surface area contributed by atoms with Gasteiger partial charge >= 0.3 is 0 Å². The number of hydrogen-bond donors (Lipinski definition) is 2. The van der Waals surface area contributed by atoms with Crippen molar-refractivity contribution < 1.29 is 13.0 Å². The molecule has 0 atom stereocenters. The van der Waals surface area contributed by atoms with Crippen LogP contribution in [0.4, 0.5) is 5.69 Å². The summed E-state index contributed by atoms with van der Waals surface area (Å²) in [6.45, 7) is 3.42. The molecule has 0 heterocycles. The summed E-state index contributed by atoms with van der Waals surface area (Å²) in [5.41, 5.74) is 5.98. The van der Waals surface area contributed by atoms with Gasteiger partial charge in [0.25, 0.3) is 10.1 Å². The summed E-state index contributed by atoms with van der Waals surface area (Å²) >= 11 is 0. The van der Waals surface area contributed by atoms with Gasteiger partial charge in [-0.3, -0.25) is 4.55 Å². The number of rotatable bonds is 2. The fraction of sp³-hybridized carbons (Fsp3) is 0. The lowest BCUT2D eigenvalue weighted by atomic mass is 10.2. The highest BCUT2D eigenvalue weighted by Gasteiger charge is 2.13. The van der Waals surface area contributed by atoms with Crippen molar-refractivity contribution in [3.63, 3.8) is 0 Å². The zero-order chi connectivity index (χ0) is 10.1. The third-order valence-electron chi connectivity index (χ3n) is 1.54. The van der Waals surface area contributed by atoms with E-state index in [4.69, 9.17) is 10.3 Å². The van der Waals surface area contributed by atoms with Crippen LogP contribution in [0.25, 0.3) is 6.08 Å². The smallest absolute Gasteiger partial charge is 0.295 e. The monoisotopic (exact) mass is 199 g/mol. The Kier molecular flexibility index (Phi) is 2.40. The first-order chi connectivity index (χ1) is 5.95. The van der Waals surface area contributed by atoms with Crippen LogP contribution in [-0.4, -0.2) is 13.0 Å². The van der Waals surface area contributed by atoms with Gasteiger partial charge in [-0.2, -0.15) is 8.42 Å². The summed E-state index contributed by atoms with van der Waals surface area (Å²) in [6, 6.07) is 4.20. The van der Waals surface area contributed by atoms with Gasteiger partial charge in [0.1, 0.15) is 4.90 Å². The second kappa shape index (κ2) is 3.20. The van der Waals surface area contributed by atoms with Crippen LogP contribution in [-0.2, 0) is 10.1 Å². The van der Waals surface area contributed by atoms with E-state index >= 15 is 0 Å². The molecule has 1 rings (SSSR count). The van der Waals surface area contributed by atoms with E-state index in [0.29, 0.717) is 5.56 Å². The van der Waals surface area contributed by atoms with Crippen molar-refractivity contribution in [1.82, 2.24) is 0 Å². The Bertz CT molecular complexity index is 437. The summed E-state index contributed by atoms with van der Waals surface area (Å²) in [6.07, 6.45) is 1.34. The van der Waals surface area contributed by atoms with Crippen LogP contribution < -0.4 is 5.73 Å². The third kappa shape index (κ3) is 2.07. The molecule has 0 saturated heterocycles. The molecular formula is C8H9NO3S. The van der Waals surface area contributed by atoms with Gasteiger partial charge in [0.15, 0.2) is 0 Å². The summed E-state index contributed by atoms with van der Waals surface area (Å²) in [7, 11) is -4.22. The van der Waals surface area contributed by atoms with E-state index in [9.17, 15) is 8.42 Å². The Morgan fingerprint density at radius 1 is 1.46 bits per heavy atom. The van der Waals surface area contributed by atoms with E-state index < -0.39 is 10.1 Å². The van der Waals surface area contributed by atoms with Crippen LogP contribution in [0.3, 0.4) is 0 Å². The van der Waals surface area contributed by atoms with Crippen molar-refractivity contribution in [3.05, 3.63) is 30.3 Å². The summed E-state index contributed by atoms with van der Waals surface area (Å²) < 4.78 is 30.4. The van der Waals surface area contributed by atoms with Gasteiger partial charge in [-0.25, -0.2) is 0 Å². The van der Waals surface area contributed by atoms with Gasteiger partial charge in [-0.1, -0.05) is 18.7 Å². The molecule has 4 nitrogen and oxygen atoms in total. The Hall–Kier alpha value is -1.33. The molecule has 0 amide bonds. The highest BCUT2D eigenvalue weighted by Crippen LogP contribution is 2.19. The molecule has 13 heavy (non-hydrogen) atoms. The van der Waals surface area contributed by atoms with Gasteiger partial charge in [0.05, 0.1) is 0 Å². The molecule has 1 aromatic rings. The highest BCUT2D eigenvalue weighted by atomic mass is 32.2. The molecule has 0 fully saturated rings. The number of nitrogen functional groups attached to an aromatic ring is 1. The Labute approximate surface area is 76.4 Å². The Morgan fingerprint density at radius 2 is 2.08 bits per heavy atom. The molecule has 5 heteroatoms. The highest BCUT2D eigenvalue weighted by molar-refractivity contribution is 7.86. The molecule has 0 spiro atoms. The third-order valence-corrected chi connectivity index (χ3v) is 2.44. The van der Waals surface area contributed by atoms with Gasteiger partial charge in [-0.15, -0.1) is 0 Å². The number of benzene rings is 1. The van der Waals surface area contributed by atoms with Crippen molar-refractivity contribution in [2.24, 2.45) is 0 Å². The van der Waals surface area contributed by atoms with Crippen LogP contribution in [0.15, 0.2) is 29.7 Å². The number of nitrogens with two attached hydrogens (primary N) is 1. The average Bonchev–Trinajstić information content (AvgIpc) is 2.03. The lowest BCUT2D eigenvalue weighted by molar-refractivity contribution is 0.483. The van der Waals surface area contributed by atoms with E-state index in [2.05, 4.69) is 6.58 Å². The molecular weight excluding hydrogens is 190 g/mol. The van der Waals surface area contributed by atoms with E-state index in [0.717, 1.165) is 0 Å². The predicted molar refractivity (Wildman–Crippen MR) is 50.8 cm³/mol. The molecule has 0 aliphatic rings. The minimum absolute atomic E-state index is 0.220. The fourth-order valence-electron chi connectivity index (χ4n) is 0.943. The summed E-state index contributed by atoms with van der Waals surface area (Å²) in [5.74, 6) is 0. The molecule has 3 N–H and O–H groups in total. The fourth-order valence-corrected chi connectivity index (χ4v) is 1.68. The quantitative estimate of drug-likeness (QED) is 0.553. The van der Waals surface area contributed by atoms with Crippen LogP contribution in [0, 0.1) is 0 Å². The normalized spacial score (nSPS) is 11.2. The molecule has 0 bridgehead atoms. The SMILES string of the molecule is C=Cc1ccc(N)cc1S(=O)(=O)O. The first-order valence-corrected chi connectivity index (χ1v) is 4.88. The van der Waals surface area contributed by atoms with Gasteiger partial charge in [0, 0.05) is 5.69 Å². The van der Waals surface area contributed by atoms with Crippen LogP contribution in [0.1, 0.15) is 5.56 Å². The van der Waals surface area contributed by atoms with E-state index in [1.165, 1.54) is 24.3 Å². The summed E-state index contributed by atoms with van der Waals surface area (Å²) in [5, 5.41) is 0. The maximum Gasteiger partial charge on any atom is 0.295 e. The Balaban J connectivity index is 3.50. The maximum absolute atomic E-state index is 10.8. The molecule has 0 radical (unpaired) electrons. The van der Waals surface area contributed by atoms with Crippen molar-refractivity contribution in [2.45, 2.75) is 4.90 Å². The lowest BCUT2D eigenvalue weighted by Gasteiger charge is -2.02. The minimum atomic E-state index is -4.22. The van der Waals surface area contributed by atoms with E-state index in [1.54, 1.807) is 0 Å². The molecule has 0 aliphatic heterocycles. The molecule has 0 aliphatic carbocycles. The van der Waals surface area contributed by atoms with Crippen molar-refractivity contribution in [2.75, 3.05) is 5.73 Å². The van der Waals surface area contributed by atoms with Gasteiger partial charge < -0.3 is 5.73 Å². The number of anilines is 1. The van der Waals surface area contributed by atoms with Crippen LogP contribution in [0.5, 0.6) is 0 Å². The second-order valence-corrected chi connectivity index (χ2v) is 3.87. The van der Waals surface area contributed by atoms with Gasteiger partial charge in [0.2, 0.25) is 0 Å². The van der Waals surface area contributed by atoms with Crippen molar-refractivity contribution in [3.8, 4) is 0 Å². The largest absolute Gasteiger partial charge is 0.399 e. The second-order valence-electron chi connectivity index (χ2n) is 2.48. The van der Waals surface area contributed by atoms with Gasteiger partial charge in [-0.05, 0) is 17.7 Å². The van der Waals surface area contributed by atoms with E-state index in [1.807, 2.05) is 0 Å². The Morgan fingerprint density at radius 3 is 2.54 bits per heavy atom. The molecule has 0 saturated carbocycles. The van der Waals surface area contributed by atoms with Crippen molar-refractivity contribution >= 4 is 21.9 Å². The van der Waals surface area contributed by atoms with E-state index in [-0.39, 0.29) is 10.6 Å². The maximum atomic E-state index is 10.8. The minimum Gasteiger partial charge on any atom is -0.399 e. The molecule has 0 aromatic heterocycles. The number of hydrogen-bond acceptors (Lipinski definition) is 3. The van der Waals surface area contributed by atoms with Crippen LogP contribution in [0.2, 0.25) is 0 Å².